The van der Waals surface area contributed by atoms with Crippen LogP contribution in [0.25, 0.3) is 0 Å². The van der Waals surface area contributed by atoms with Crippen molar-refractivity contribution in [2.75, 3.05) is 403 Å². The van der Waals surface area contributed by atoms with Crippen LogP contribution in [0.2, 0.25) is 0 Å². The molecule has 0 fully saturated rings. The van der Waals surface area contributed by atoms with Gasteiger partial charge in [0.15, 0.2) is 0 Å². The molecule has 0 rings (SSSR count). The summed E-state index contributed by atoms with van der Waals surface area (Å²) in [6.45, 7) is 32.0. The van der Waals surface area contributed by atoms with Crippen LogP contribution in [0, 0.1) is 0 Å². The molecule has 0 radical (unpaired) electrons. The maximum Gasteiger partial charge on any atom is 0.0701 e. The number of aliphatic hydroxyl groups excluding tert-OH is 1. The molecule has 0 atom stereocenters. The minimum absolute atomic E-state index is 0.0167. The van der Waals surface area contributed by atoms with Crippen LogP contribution in [0.5, 0.6) is 0 Å². The van der Waals surface area contributed by atoms with E-state index in [1.807, 2.05) is 0 Å². The van der Waals surface area contributed by atoms with E-state index in [9.17, 15) is 0 Å². The molecule has 0 aliphatic heterocycles. The van der Waals surface area contributed by atoms with Gasteiger partial charge in [-0.25, -0.2) is 0 Å². The number of hydrogen-bond donors (Lipinski definition) is 1. The zero-order valence-corrected chi connectivity index (χ0v) is 59.7. The lowest BCUT2D eigenvalue weighted by molar-refractivity contribution is -0.0325. The largest absolute Gasteiger partial charge is 0.394 e. The van der Waals surface area contributed by atoms with Gasteiger partial charge in [-0.15, -0.1) is 0 Å². The van der Waals surface area contributed by atoms with Gasteiger partial charge in [-0.05, 0) is 6.42 Å². The van der Waals surface area contributed by atoms with E-state index in [1.165, 1.54) is 19.3 Å². The third-order valence-corrected chi connectivity index (χ3v) is 12.2. The average Bonchev–Trinajstić information content (AvgIpc) is 3.61. The summed E-state index contributed by atoms with van der Waals surface area (Å²) in [7, 11) is 0. The van der Waals surface area contributed by atoms with E-state index in [0.29, 0.717) is 390 Å². The second-order valence-electron chi connectivity index (χ2n) is 20.2. The van der Waals surface area contributed by atoms with Gasteiger partial charge in [-0.2, -0.15) is 0 Å². The Morgan fingerprint density at radius 2 is 0.206 bits per heavy atom. The van der Waals surface area contributed by atoms with Crippen molar-refractivity contribution in [1.82, 2.24) is 0 Å². The lowest BCUT2D eigenvalue weighted by Crippen LogP contribution is -2.16. The second-order valence-corrected chi connectivity index (χ2v) is 20.2. The molecule has 31 heteroatoms. The highest BCUT2D eigenvalue weighted by Gasteiger charge is 2.02. The van der Waals surface area contributed by atoms with Crippen molar-refractivity contribution in [3.63, 3.8) is 0 Å². The van der Waals surface area contributed by atoms with Gasteiger partial charge in [-0.3, -0.25) is 0 Å². The first-order valence-electron chi connectivity index (χ1n) is 35.3. The van der Waals surface area contributed by atoms with Crippen LogP contribution in [-0.4, -0.2) is 408 Å². The quantitative estimate of drug-likeness (QED) is 0.0852. The Morgan fingerprint density at radius 3 is 0.299 bits per heavy atom. The van der Waals surface area contributed by atoms with Gasteiger partial charge < -0.3 is 147 Å². The molecule has 0 aromatic carbocycles. The number of aliphatic hydroxyl groups is 1. The van der Waals surface area contributed by atoms with Gasteiger partial charge in [0.05, 0.1) is 396 Å². The third-order valence-electron chi connectivity index (χ3n) is 12.2. The third kappa shape index (κ3) is 94.8. The van der Waals surface area contributed by atoms with Crippen molar-refractivity contribution in [2.45, 2.75) is 32.6 Å². The minimum Gasteiger partial charge on any atom is -0.394 e. The normalized spacial score (nSPS) is 11.8. The first-order chi connectivity index (χ1) is 48.4. The molecular formula is C66H134O31. The average molecular weight is 1420 g/mol. The minimum atomic E-state index is 0.0167. The summed E-state index contributed by atoms with van der Waals surface area (Å²) in [6, 6.07) is 0. The molecule has 97 heavy (non-hydrogen) atoms. The standard InChI is InChI=1S/C66H134O31/c1-2-3-4-5-7-68-9-11-70-13-15-72-17-19-74-21-23-76-25-27-78-29-31-80-33-35-82-37-39-84-41-43-86-45-47-88-49-51-90-53-55-92-57-59-94-61-63-96-65-66-97-64-62-95-60-58-93-56-54-91-52-50-89-48-46-87-44-42-85-40-38-83-36-34-81-32-30-79-28-26-77-24-22-75-20-18-73-16-14-71-12-10-69-8-6-67/h67H,2-66H2,1H3. The Balaban J connectivity index is 3.09. The predicted octanol–water partition coefficient (Wildman–Crippen LogP) is 2.06. The topological polar surface area (TPSA) is 297 Å². The summed E-state index contributed by atoms with van der Waals surface area (Å²) in [5.41, 5.74) is 0. The Labute approximate surface area is 581 Å². The summed E-state index contributed by atoms with van der Waals surface area (Å²) in [5, 5.41) is 8.62. The molecular weight excluding hydrogens is 1290 g/mol. The van der Waals surface area contributed by atoms with Crippen molar-refractivity contribution >= 4 is 0 Å². The number of unbranched alkanes of at least 4 members (excludes halogenated alkanes) is 3. The van der Waals surface area contributed by atoms with E-state index >= 15 is 0 Å². The van der Waals surface area contributed by atoms with Crippen LogP contribution in [0.3, 0.4) is 0 Å². The number of hydrogen-bond acceptors (Lipinski definition) is 31. The van der Waals surface area contributed by atoms with E-state index in [1.54, 1.807) is 0 Å². The van der Waals surface area contributed by atoms with Crippen molar-refractivity contribution in [1.29, 1.82) is 0 Å². The van der Waals surface area contributed by atoms with Crippen LogP contribution in [0.15, 0.2) is 0 Å². The Bertz CT molecular complexity index is 1240. The van der Waals surface area contributed by atoms with Gasteiger partial charge in [0.2, 0.25) is 0 Å². The summed E-state index contributed by atoms with van der Waals surface area (Å²) in [6.07, 6.45) is 4.86. The number of rotatable bonds is 94. The van der Waals surface area contributed by atoms with E-state index in [-0.39, 0.29) is 6.61 Å². The molecule has 0 amide bonds. The van der Waals surface area contributed by atoms with Crippen LogP contribution in [0.4, 0.5) is 0 Å². The molecule has 1 N–H and O–H groups in total. The zero-order chi connectivity index (χ0) is 69.2. The number of ether oxygens (including phenoxy) is 30. The second kappa shape index (κ2) is 94.8. The highest BCUT2D eigenvalue weighted by molar-refractivity contribution is 4.45. The van der Waals surface area contributed by atoms with Crippen LogP contribution in [-0.2, 0) is 142 Å². The van der Waals surface area contributed by atoms with E-state index in [4.69, 9.17) is 147 Å². The van der Waals surface area contributed by atoms with Crippen molar-refractivity contribution in [2.24, 2.45) is 0 Å². The molecule has 31 nitrogen and oxygen atoms in total. The van der Waals surface area contributed by atoms with Gasteiger partial charge in [-0.1, -0.05) is 26.2 Å². The highest BCUT2D eigenvalue weighted by Crippen LogP contribution is 1.99. The van der Waals surface area contributed by atoms with Crippen LogP contribution < -0.4 is 0 Å². The van der Waals surface area contributed by atoms with Crippen molar-refractivity contribution in [3.8, 4) is 0 Å². The summed E-state index contributed by atoms with van der Waals surface area (Å²) < 4.78 is 165. The van der Waals surface area contributed by atoms with Gasteiger partial charge in [0, 0.05) is 6.61 Å². The first-order valence-corrected chi connectivity index (χ1v) is 35.3. The Morgan fingerprint density at radius 1 is 0.113 bits per heavy atom. The fourth-order valence-corrected chi connectivity index (χ4v) is 7.17. The van der Waals surface area contributed by atoms with Crippen molar-refractivity contribution in [3.05, 3.63) is 0 Å². The lowest BCUT2D eigenvalue weighted by atomic mass is 10.2. The van der Waals surface area contributed by atoms with Gasteiger partial charge >= 0.3 is 0 Å². The molecule has 584 valence electrons. The van der Waals surface area contributed by atoms with Crippen LogP contribution in [0.1, 0.15) is 32.6 Å². The summed E-state index contributed by atoms with van der Waals surface area (Å²) >= 11 is 0. The molecule has 0 heterocycles. The summed E-state index contributed by atoms with van der Waals surface area (Å²) in [4.78, 5) is 0. The van der Waals surface area contributed by atoms with E-state index < -0.39 is 0 Å². The van der Waals surface area contributed by atoms with E-state index in [0.717, 1.165) is 13.0 Å². The van der Waals surface area contributed by atoms with Crippen LogP contribution >= 0.6 is 0 Å². The first kappa shape index (κ1) is 95.8. The lowest BCUT2D eigenvalue weighted by Gasteiger charge is -2.09. The van der Waals surface area contributed by atoms with Gasteiger partial charge in [0.25, 0.3) is 0 Å². The van der Waals surface area contributed by atoms with Crippen molar-refractivity contribution < 1.29 is 147 Å². The smallest absolute Gasteiger partial charge is 0.0701 e. The molecule has 0 spiro atoms. The molecule has 0 aliphatic rings. The maximum absolute atomic E-state index is 8.62. The molecule has 0 saturated heterocycles. The zero-order valence-electron chi connectivity index (χ0n) is 59.7. The predicted molar refractivity (Wildman–Crippen MR) is 356 cm³/mol. The molecule has 0 aromatic heterocycles. The SMILES string of the molecule is CCCCCCOCCOCCOCCOCCOCCOCCOCCOCCOCCOCCOCCOCCOCCOCCOCCOCCOCCOCCOCCOCCOCCOCCOCCOCCOCCOCCOCCOCCOCCOCCO. The molecule has 0 aliphatic carbocycles. The molecule has 0 bridgehead atoms. The highest BCUT2D eigenvalue weighted by atomic mass is 16.6. The fourth-order valence-electron chi connectivity index (χ4n) is 7.17. The fraction of sp³-hybridized carbons (Fsp3) is 1.00. The van der Waals surface area contributed by atoms with E-state index in [2.05, 4.69) is 6.92 Å². The molecule has 0 unspecified atom stereocenters. The molecule has 0 aromatic rings. The Kier molecular flexibility index (Phi) is 93.5. The molecule has 0 saturated carbocycles. The van der Waals surface area contributed by atoms with Gasteiger partial charge in [0.1, 0.15) is 0 Å². The Hall–Kier alpha value is -1.24. The maximum atomic E-state index is 8.62. The monoisotopic (exact) mass is 1420 g/mol. The summed E-state index contributed by atoms with van der Waals surface area (Å²) in [5.74, 6) is 0.